The molecule has 10 heteroatoms. The molecule has 0 aromatic heterocycles. The van der Waals surface area contributed by atoms with Gasteiger partial charge in [0.25, 0.3) is 5.69 Å². The summed E-state index contributed by atoms with van der Waals surface area (Å²) in [7, 11) is 0. The van der Waals surface area contributed by atoms with Gasteiger partial charge in [-0.15, -0.1) is 0 Å². The smallest absolute Gasteiger partial charge is 0.301 e. The van der Waals surface area contributed by atoms with Crippen molar-refractivity contribution in [2.45, 2.75) is 38.2 Å². The lowest BCUT2D eigenvalue weighted by atomic mass is 9.87. The number of nitro groups is 2. The van der Waals surface area contributed by atoms with E-state index in [1.54, 1.807) is 0 Å². The molecular weight excluding hydrogens is 344 g/mol. The number of hydrazone groups is 1. The molecule has 2 N–H and O–H groups in total. The predicted molar refractivity (Wildman–Crippen MR) is 91.9 cm³/mol. The fourth-order valence-electron chi connectivity index (χ4n) is 3.74. The Kier molecular flexibility index (Phi) is 4.94. The predicted octanol–water partition coefficient (Wildman–Crippen LogP) is 2.41. The molecule has 0 heterocycles. The summed E-state index contributed by atoms with van der Waals surface area (Å²) in [5, 5.41) is 36.3. The van der Waals surface area contributed by atoms with Gasteiger partial charge < -0.3 is 5.11 Å². The van der Waals surface area contributed by atoms with E-state index in [1.165, 1.54) is 12.1 Å². The van der Waals surface area contributed by atoms with Gasteiger partial charge >= 0.3 is 5.69 Å². The first kappa shape index (κ1) is 17.9. The topological polar surface area (TPSA) is 148 Å². The van der Waals surface area contributed by atoms with Gasteiger partial charge in [0.15, 0.2) is 5.78 Å². The van der Waals surface area contributed by atoms with Gasteiger partial charge in [0, 0.05) is 30.0 Å². The van der Waals surface area contributed by atoms with Crippen molar-refractivity contribution in [3.05, 3.63) is 38.4 Å². The summed E-state index contributed by atoms with van der Waals surface area (Å²) in [6, 6.07) is 3.30. The zero-order valence-corrected chi connectivity index (χ0v) is 13.8. The maximum Gasteiger partial charge on any atom is 0.301 e. The van der Waals surface area contributed by atoms with Crippen LogP contribution in [0.5, 0.6) is 0 Å². The summed E-state index contributed by atoms with van der Waals surface area (Å²) in [6.07, 6.45) is 2.34. The lowest BCUT2D eigenvalue weighted by Crippen LogP contribution is -2.29. The zero-order valence-electron chi connectivity index (χ0n) is 13.8. The minimum atomic E-state index is -0.975. The van der Waals surface area contributed by atoms with Crippen molar-refractivity contribution < 1.29 is 19.7 Å². The number of nitrogens with one attached hydrogen (secondary N) is 1. The third-order valence-electron chi connectivity index (χ3n) is 5.06. The maximum absolute atomic E-state index is 11.6. The SMILES string of the molecule is O=C1CC[C@@H]([C@H]2CCC/C2=N/Nc2ccc([N+](=O)[O-])cc2[N+](=O)[O-])[C@H]1O. The number of hydrogen-bond donors (Lipinski definition) is 2. The number of anilines is 1. The molecule has 0 amide bonds. The van der Waals surface area contributed by atoms with Gasteiger partial charge in [0.05, 0.1) is 15.9 Å². The lowest BCUT2D eigenvalue weighted by Gasteiger charge is -2.21. The van der Waals surface area contributed by atoms with Gasteiger partial charge in [-0.2, -0.15) is 5.10 Å². The highest BCUT2D eigenvalue weighted by molar-refractivity contribution is 5.92. The monoisotopic (exact) mass is 362 g/mol. The first-order chi connectivity index (χ1) is 12.4. The first-order valence-electron chi connectivity index (χ1n) is 8.34. The minimum absolute atomic E-state index is 0.0407. The Bertz CT molecular complexity index is 793. The van der Waals surface area contributed by atoms with Crippen molar-refractivity contribution in [1.29, 1.82) is 0 Å². The van der Waals surface area contributed by atoms with E-state index in [4.69, 9.17) is 0 Å². The van der Waals surface area contributed by atoms with Gasteiger partial charge in [-0.1, -0.05) is 0 Å². The second kappa shape index (κ2) is 7.16. The van der Waals surface area contributed by atoms with E-state index in [0.717, 1.165) is 24.6 Å². The average molecular weight is 362 g/mol. The van der Waals surface area contributed by atoms with Crippen LogP contribution in [0.1, 0.15) is 32.1 Å². The number of nitrogens with zero attached hydrogens (tertiary/aromatic N) is 3. The van der Waals surface area contributed by atoms with Gasteiger partial charge in [-0.3, -0.25) is 30.4 Å². The van der Waals surface area contributed by atoms with Crippen LogP contribution in [0.25, 0.3) is 0 Å². The fraction of sp³-hybridized carbons (Fsp3) is 0.500. The number of aliphatic hydroxyl groups is 1. The summed E-state index contributed by atoms with van der Waals surface area (Å²) in [5.41, 5.74) is 2.65. The molecule has 0 radical (unpaired) electrons. The zero-order chi connectivity index (χ0) is 18.8. The summed E-state index contributed by atoms with van der Waals surface area (Å²) in [4.78, 5) is 32.1. The number of rotatable bonds is 5. The Labute approximate surface area is 148 Å². The highest BCUT2D eigenvalue weighted by Gasteiger charge is 2.41. The van der Waals surface area contributed by atoms with E-state index in [0.29, 0.717) is 19.3 Å². The second-order valence-electron chi connectivity index (χ2n) is 6.54. The molecule has 3 rings (SSSR count). The molecule has 1 aromatic rings. The molecule has 26 heavy (non-hydrogen) atoms. The number of aliphatic hydroxyl groups excluding tert-OH is 1. The number of carbonyl (C=O) groups is 1. The van der Waals surface area contributed by atoms with Crippen LogP contribution in [0.15, 0.2) is 23.3 Å². The molecule has 2 fully saturated rings. The van der Waals surface area contributed by atoms with Crippen LogP contribution in [0.4, 0.5) is 17.1 Å². The first-order valence-corrected chi connectivity index (χ1v) is 8.34. The van der Waals surface area contributed by atoms with Crippen LogP contribution >= 0.6 is 0 Å². The van der Waals surface area contributed by atoms with Crippen LogP contribution in [0, 0.1) is 32.1 Å². The van der Waals surface area contributed by atoms with Crippen molar-refractivity contribution in [2.24, 2.45) is 16.9 Å². The maximum atomic E-state index is 11.6. The fourth-order valence-corrected chi connectivity index (χ4v) is 3.74. The molecule has 0 saturated heterocycles. The van der Waals surface area contributed by atoms with E-state index in [9.17, 15) is 30.1 Å². The summed E-state index contributed by atoms with van der Waals surface area (Å²) in [6.45, 7) is 0. The molecule has 2 aliphatic rings. The third kappa shape index (κ3) is 3.40. The molecular formula is C16H18N4O6. The normalized spacial score (nSPS) is 27.0. The molecule has 10 nitrogen and oxygen atoms in total. The van der Waals surface area contributed by atoms with Crippen LogP contribution in [-0.2, 0) is 4.79 Å². The van der Waals surface area contributed by atoms with Crippen molar-refractivity contribution in [3.8, 4) is 0 Å². The van der Waals surface area contributed by atoms with Crippen molar-refractivity contribution in [3.63, 3.8) is 0 Å². The van der Waals surface area contributed by atoms with Crippen LogP contribution in [0.2, 0.25) is 0 Å². The molecule has 0 spiro atoms. The Morgan fingerprint density at radius 2 is 1.92 bits per heavy atom. The van der Waals surface area contributed by atoms with Gasteiger partial charge in [0.1, 0.15) is 11.8 Å². The molecule has 0 unspecified atom stereocenters. The number of Topliss-reactive ketones (excluding diaryl/α,β-unsaturated/α-hetero) is 1. The van der Waals surface area contributed by atoms with Gasteiger partial charge in [0.2, 0.25) is 0 Å². The van der Waals surface area contributed by atoms with E-state index < -0.39 is 21.6 Å². The quantitative estimate of drug-likeness (QED) is 0.603. The van der Waals surface area contributed by atoms with Crippen LogP contribution < -0.4 is 5.43 Å². The van der Waals surface area contributed by atoms with Crippen molar-refractivity contribution >= 4 is 28.6 Å². The Morgan fingerprint density at radius 3 is 2.54 bits per heavy atom. The number of carbonyl (C=O) groups excluding carboxylic acids is 1. The second-order valence-corrected chi connectivity index (χ2v) is 6.54. The third-order valence-corrected chi connectivity index (χ3v) is 5.06. The van der Waals surface area contributed by atoms with E-state index >= 15 is 0 Å². The molecule has 2 saturated carbocycles. The van der Waals surface area contributed by atoms with Crippen LogP contribution in [-0.4, -0.2) is 32.6 Å². The summed E-state index contributed by atoms with van der Waals surface area (Å²) >= 11 is 0. The molecule has 0 aliphatic heterocycles. The highest BCUT2D eigenvalue weighted by atomic mass is 16.6. The van der Waals surface area contributed by atoms with Crippen molar-refractivity contribution in [1.82, 2.24) is 0 Å². The number of nitro benzene ring substituents is 2. The number of benzene rings is 1. The van der Waals surface area contributed by atoms with Gasteiger partial charge in [-0.05, 0) is 31.7 Å². The number of ketones is 1. The molecule has 0 bridgehead atoms. The molecule has 2 aliphatic carbocycles. The Balaban J connectivity index is 1.81. The molecule has 3 atom stereocenters. The van der Waals surface area contributed by atoms with E-state index in [2.05, 4.69) is 10.5 Å². The minimum Gasteiger partial charge on any atom is -0.385 e. The number of hydrogen-bond acceptors (Lipinski definition) is 8. The largest absolute Gasteiger partial charge is 0.385 e. The van der Waals surface area contributed by atoms with E-state index in [-0.39, 0.29) is 29.0 Å². The van der Waals surface area contributed by atoms with Crippen molar-refractivity contribution in [2.75, 3.05) is 5.43 Å². The van der Waals surface area contributed by atoms with Crippen LogP contribution in [0.3, 0.4) is 0 Å². The highest BCUT2D eigenvalue weighted by Crippen LogP contribution is 2.38. The summed E-state index contributed by atoms with van der Waals surface area (Å²) < 4.78 is 0. The van der Waals surface area contributed by atoms with Gasteiger partial charge in [-0.25, -0.2) is 0 Å². The molecule has 1 aromatic carbocycles. The standard InChI is InChI=1S/C16H18N4O6/c21-15-7-5-11(16(15)22)10-2-1-3-12(10)17-18-13-6-4-9(19(23)24)8-14(13)20(25)26/h4,6,8,10-11,16,18,22H,1-3,5,7H2/b17-12-/t10-,11+,16-/m1/s1. The molecule has 138 valence electrons. The average Bonchev–Trinajstić information content (AvgIpc) is 3.19. The lowest BCUT2D eigenvalue weighted by molar-refractivity contribution is -0.393. The Morgan fingerprint density at radius 1 is 1.15 bits per heavy atom. The number of non-ortho nitro benzene ring substituents is 1. The van der Waals surface area contributed by atoms with E-state index in [1.807, 2.05) is 0 Å². The Hall–Kier alpha value is -2.88. The summed E-state index contributed by atoms with van der Waals surface area (Å²) in [5.74, 6) is -0.362.